The molecule has 3 nitrogen and oxygen atoms in total. The van der Waals surface area contributed by atoms with E-state index in [1.807, 2.05) is 13.0 Å². The average Bonchev–Trinajstić information content (AvgIpc) is 2.85. The Balaban J connectivity index is 2.12. The molecule has 0 radical (unpaired) electrons. The normalized spacial score (nSPS) is 16.5. The number of hydrogen-bond acceptors (Lipinski definition) is 2. The monoisotopic (exact) mass is 538 g/mol. The molecule has 0 atom stereocenters. The number of unbranched alkanes of at least 4 members (excludes halogenated alkanes) is 12. The molecule has 220 valence electrons. The Bertz CT molecular complexity index is 879. The number of carboxylic acids is 1. The van der Waals surface area contributed by atoms with Crippen molar-refractivity contribution in [3.05, 3.63) is 58.7 Å². The van der Waals surface area contributed by atoms with Gasteiger partial charge in [-0.05, 0) is 75.5 Å². The van der Waals surface area contributed by atoms with Gasteiger partial charge in [-0.2, -0.15) is 0 Å². The van der Waals surface area contributed by atoms with E-state index in [1.165, 1.54) is 93.8 Å². The van der Waals surface area contributed by atoms with Crippen LogP contribution < -0.4 is 0 Å². The predicted octanol–water partition coefficient (Wildman–Crippen LogP) is 11.0. The summed E-state index contributed by atoms with van der Waals surface area (Å²) in [5.74, 6) is -0.436. The van der Waals surface area contributed by atoms with Crippen LogP contribution in [0.1, 0.15) is 150 Å². The second-order valence-electron chi connectivity index (χ2n) is 12.4. The minimum absolute atomic E-state index is 0.239. The summed E-state index contributed by atoms with van der Waals surface area (Å²) in [6.45, 7) is 11.1. The van der Waals surface area contributed by atoms with Gasteiger partial charge in [-0.1, -0.05) is 126 Å². The Kier molecular flexibility index (Phi) is 18.5. The van der Waals surface area contributed by atoms with Crippen molar-refractivity contribution in [1.82, 2.24) is 0 Å². The highest BCUT2D eigenvalue weighted by Gasteiger charge is 2.26. The minimum Gasteiger partial charge on any atom is -0.481 e. The molecule has 0 aliphatic heterocycles. The van der Waals surface area contributed by atoms with E-state index in [2.05, 4.69) is 52.0 Å². The molecule has 0 heterocycles. The van der Waals surface area contributed by atoms with Gasteiger partial charge in [0.25, 0.3) is 0 Å². The lowest BCUT2D eigenvalue weighted by atomic mass is 9.72. The van der Waals surface area contributed by atoms with E-state index in [0.29, 0.717) is 12.8 Å². The van der Waals surface area contributed by atoms with E-state index in [1.54, 1.807) is 6.08 Å². The first kappa shape index (κ1) is 34.9. The molecule has 0 amide bonds. The lowest BCUT2D eigenvalue weighted by molar-refractivity contribution is -0.137. The molecule has 39 heavy (non-hydrogen) atoms. The lowest BCUT2D eigenvalue weighted by Gasteiger charge is -2.32. The molecule has 0 saturated carbocycles. The van der Waals surface area contributed by atoms with E-state index < -0.39 is 5.97 Å². The fraction of sp³-hybridized carbons (Fsp3) is 0.667. The Labute approximate surface area is 240 Å². The Morgan fingerprint density at radius 2 is 1.28 bits per heavy atom. The topological polar surface area (TPSA) is 54.4 Å². The fourth-order valence-corrected chi connectivity index (χ4v) is 5.53. The zero-order valence-corrected chi connectivity index (χ0v) is 26.0. The van der Waals surface area contributed by atoms with Gasteiger partial charge in [-0.25, -0.2) is 0 Å². The third kappa shape index (κ3) is 17.9. The molecule has 1 aliphatic carbocycles. The van der Waals surface area contributed by atoms with Gasteiger partial charge in [-0.3, -0.25) is 9.59 Å². The molecule has 0 aromatic heterocycles. The van der Waals surface area contributed by atoms with Crippen molar-refractivity contribution in [2.45, 2.75) is 150 Å². The number of hydrogen-bond donors (Lipinski definition) is 1. The van der Waals surface area contributed by atoms with Gasteiger partial charge >= 0.3 is 5.97 Å². The molecule has 0 saturated heterocycles. The van der Waals surface area contributed by atoms with Gasteiger partial charge < -0.3 is 5.11 Å². The Hall–Kier alpha value is -2.16. The zero-order valence-electron chi connectivity index (χ0n) is 26.0. The second kappa shape index (κ2) is 20.7. The van der Waals surface area contributed by atoms with Crippen LogP contribution in [-0.2, 0) is 9.59 Å². The summed E-state index contributed by atoms with van der Waals surface area (Å²) in [5, 5.41) is 8.63. The van der Waals surface area contributed by atoms with E-state index >= 15 is 0 Å². The molecule has 0 fully saturated rings. The number of aliphatic carboxylic acids is 1. The van der Waals surface area contributed by atoms with E-state index in [9.17, 15) is 9.59 Å². The maximum absolute atomic E-state index is 12.3. The number of rotatable bonds is 21. The quantitative estimate of drug-likeness (QED) is 0.0898. The number of allylic oxidation sites excluding steroid dienone is 10. The SMILES string of the molecule is CC(C=CC1=C(C)CCCC1(C)C)=CC=CC(C)=CC(=O)CCCCCCCCCCCCCCCC(=O)O. The Morgan fingerprint density at radius 1 is 0.769 bits per heavy atom. The Morgan fingerprint density at radius 3 is 1.79 bits per heavy atom. The molecule has 0 spiro atoms. The number of carbonyl (C=O) groups is 2. The van der Waals surface area contributed by atoms with Gasteiger partial charge in [-0.15, -0.1) is 0 Å². The van der Waals surface area contributed by atoms with Crippen LogP contribution in [0.2, 0.25) is 0 Å². The average molecular weight is 539 g/mol. The molecule has 1 N–H and O–H groups in total. The van der Waals surface area contributed by atoms with Crippen LogP contribution in [-0.4, -0.2) is 16.9 Å². The standard InChI is InChI=1S/C36H58O3/c1-30(26-27-34-32(3)23-20-28-36(34,4)5)21-19-22-31(2)29-33(37)24-17-15-13-11-9-7-6-8-10-12-14-16-18-25-35(38)39/h19,21-22,26-27,29H,6-18,20,23-25,28H2,1-5H3,(H,38,39). The molecular formula is C36H58O3. The van der Waals surface area contributed by atoms with E-state index in [4.69, 9.17) is 5.11 Å². The molecule has 0 aromatic rings. The van der Waals surface area contributed by atoms with Crippen molar-refractivity contribution in [1.29, 1.82) is 0 Å². The lowest BCUT2D eigenvalue weighted by Crippen LogP contribution is -2.19. The van der Waals surface area contributed by atoms with Gasteiger partial charge in [0.2, 0.25) is 0 Å². The highest BCUT2D eigenvalue weighted by molar-refractivity contribution is 5.90. The van der Waals surface area contributed by atoms with Crippen LogP contribution in [0.4, 0.5) is 0 Å². The highest BCUT2D eigenvalue weighted by atomic mass is 16.4. The third-order valence-corrected chi connectivity index (χ3v) is 7.98. The van der Waals surface area contributed by atoms with Crippen molar-refractivity contribution in [2.75, 3.05) is 0 Å². The van der Waals surface area contributed by atoms with Crippen LogP contribution in [0.5, 0.6) is 0 Å². The molecule has 1 rings (SSSR count). The van der Waals surface area contributed by atoms with Crippen LogP contribution in [0.25, 0.3) is 0 Å². The molecular weight excluding hydrogens is 480 g/mol. The summed E-state index contributed by atoms with van der Waals surface area (Å²) >= 11 is 0. The summed E-state index contributed by atoms with van der Waals surface area (Å²) in [7, 11) is 0. The summed E-state index contributed by atoms with van der Waals surface area (Å²) < 4.78 is 0. The maximum Gasteiger partial charge on any atom is 0.303 e. The largest absolute Gasteiger partial charge is 0.481 e. The summed E-state index contributed by atoms with van der Waals surface area (Å²) in [6.07, 6.45) is 32.7. The first-order chi connectivity index (χ1) is 18.6. The number of carboxylic acid groups (broad SMARTS) is 1. The van der Waals surface area contributed by atoms with Crippen molar-refractivity contribution < 1.29 is 14.7 Å². The van der Waals surface area contributed by atoms with E-state index in [0.717, 1.165) is 31.3 Å². The summed E-state index contributed by atoms with van der Waals surface area (Å²) in [5.41, 5.74) is 5.51. The molecule has 3 heteroatoms. The number of ketones is 1. The van der Waals surface area contributed by atoms with Crippen LogP contribution in [0, 0.1) is 5.41 Å². The van der Waals surface area contributed by atoms with Gasteiger partial charge in [0.05, 0.1) is 0 Å². The minimum atomic E-state index is -0.675. The molecule has 0 aromatic carbocycles. The summed E-state index contributed by atoms with van der Waals surface area (Å²) in [4.78, 5) is 22.8. The van der Waals surface area contributed by atoms with Gasteiger partial charge in [0.15, 0.2) is 5.78 Å². The molecule has 0 unspecified atom stereocenters. The maximum atomic E-state index is 12.3. The van der Waals surface area contributed by atoms with Crippen molar-refractivity contribution in [3.8, 4) is 0 Å². The smallest absolute Gasteiger partial charge is 0.303 e. The van der Waals surface area contributed by atoms with Crippen LogP contribution >= 0.6 is 0 Å². The van der Waals surface area contributed by atoms with Crippen molar-refractivity contribution >= 4 is 11.8 Å². The van der Waals surface area contributed by atoms with Gasteiger partial charge in [0.1, 0.15) is 0 Å². The van der Waals surface area contributed by atoms with Crippen molar-refractivity contribution in [3.63, 3.8) is 0 Å². The first-order valence-electron chi connectivity index (χ1n) is 15.8. The zero-order chi connectivity index (χ0) is 28.9. The van der Waals surface area contributed by atoms with Crippen LogP contribution in [0.3, 0.4) is 0 Å². The first-order valence-corrected chi connectivity index (χ1v) is 15.8. The highest BCUT2D eigenvalue weighted by Crippen LogP contribution is 2.40. The molecule has 1 aliphatic rings. The van der Waals surface area contributed by atoms with E-state index in [-0.39, 0.29) is 11.2 Å². The van der Waals surface area contributed by atoms with Gasteiger partial charge in [0, 0.05) is 12.8 Å². The van der Waals surface area contributed by atoms with Crippen LogP contribution in [0.15, 0.2) is 58.7 Å². The second-order valence-corrected chi connectivity index (χ2v) is 12.4. The fourth-order valence-electron chi connectivity index (χ4n) is 5.53. The molecule has 0 bridgehead atoms. The van der Waals surface area contributed by atoms with Crippen molar-refractivity contribution in [2.24, 2.45) is 5.41 Å². The summed E-state index contributed by atoms with van der Waals surface area (Å²) in [6, 6.07) is 0. The predicted molar refractivity (Wildman–Crippen MR) is 168 cm³/mol. The number of carbonyl (C=O) groups excluding carboxylic acids is 1. The third-order valence-electron chi connectivity index (χ3n) is 7.98.